The molecule has 0 spiro atoms. The molecule has 0 aromatic rings. The standard InChI is InChI=1S/C7H13Cl/c1-7(2,3)5-4-6(5)8/h5-6H,4H2,1-3H3/t5-,6-/m1/s1. The minimum absolute atomic E-state index is 0.451. The third-order valence-electron chi connectivity index (χ3n) is 1.82. The zero-order valence-electron chi connectivity index (χ0n) is 5.74. The fraction of sp³-hybridized carbons (Fsp3) is 1.00. The Morgan fingerprint density at radius 1 is 1.38 bits per heavy atom. The molecule has 8 heavy (non-hydrogen) atoms. The first-order chi connectivity index (χ1) is 3.52. The summed E-state index contributed by atoms with van der Waals surface area (Å²) in [7, 11) is 0. The Labute approximate surface area is 56.2 Å². The van der Waals surface area contributed by atoms with Gasteiger partial charge in [-0.25, -0.2) is 0 Å². The maximum absolute atomic E-state index is 5.84. The molecule has 0 radical (unpaired) electrons. The van der Waals surface area contributed by atoms with E-state index in [0.29, 0.717) is 10.8 Å². The van der Waals surface area contributed by atoms with Crippen molar-refractivity contribution in [1.82, 2.24) is 0 Å². The molecular formula is C7H13Cl. The molecule has 0 N–H and O–H groups in total. The van der Waals surface area contributed by atoms with Gasteiger partial charge in [0.15, 0.2) is 0 Å². The Hall–Kier alpha value is 0.290. The summed E-state index contributed by atoms with van der Waals surface area (Å²) in [5.74, 6) is 0.782. The van der Waals surface area contributed by atoms with E-state index in [1.54, 1.807) is 0 Å². The van der Waals surface area contributed by atoms with Gasteiger partial charge in [-0.1, -0.05) is 20.8 Å². The summed E-state index contributed by atoms with van der Waals surface area (Å²) < 4.78 is 0. The van der Waals surface area contributed by atoms with Gasteiger partial charge in [-0.15, -0.1) is 11.6 Å². The highest BCUT2D eigenvalue weighted by atomic mass is 35.5. The van der Waals surface area contributed by atoms with Crippen LogP contribution in [0.4, 0.5) is 0 Å². The molecule has 1 rings (SSSR count). The quantitative estimate of drug-likeness (QED) is 0.445. The first kappa shape index (κ1) is 6.41. The van der Waals surface area contributed by atoms with Gasteiger partial charge < -0.3 is 0 Å². The van der Waals surface area contributed by atoms with E-state index >= 15 is 0 Å². The summed E-state index contributed by atoms with van der Waals surface area (Å²) in [6.07, 6.45) is 1.23. The van der Waals surface area contributed by atoms with Crippen LogP contribution >= 0.6 is 11.6 Å². The maximum Gasteiger partial charge on any atom is 0.0373 e. The molecular weight excluding hydrogens is 120 g/mol. The molecule has 0 bridgehead atoms. The lowest BCUT2D eigenvalue weighted by atomic mass is 9.90. The predicted molar refractivity (Wildman–Crippen MR) is 37.2 cm³/mol. The molecule has 0 amide bonds. The van der Waals surface area contributed by atoms with Crippen LogP contribution < -0.4 is 0 Å². The Bertz CT molecular complexity index is 91.1. The van der Waals surface area contributed by atoms with Gasteiger partial charge in [-0.3, -0.25) is 0 Å². The molecule has 2 atom stereocenters. The molecule has 0 heterocycles. The number of alkyl halides is 1. The SMILES string of the molecule is CC(C)(C)[C@@H]1C[C@H]1Cl. The van der Waals surface area contributed by atoms with Crippen molar-refractivity contribution in [3.8, 4) is 0 Å². The van der Waals surface area contributed by atoms with E-state index in [0.717, 1.165) is 5.92 Å². The van der Waals surface area contributed by atoms with Crippen LogP contribution in [-0.4, -0.2) is 5.38 Å². The smallest absolute Gasteiger partial charge is 0.0373 e. The fourth-order valence-electron chi connectivity index (χ4n) is 1.06. The lowest BCUT2D eigenvalue weighted by Gasteiger charge is -2.16. The first-order valence-corrected chi connectivity index (χ1v) is 3.59. The second-order valence-electron chi connectivity index (χ2n) is 3.72. The maximum atomic E-state index is 5.84. The van der Waals surface area contributed by atoms with Crippen LogP contribution in [0.15, 0.2) is 0 Å². The van der Waals surface area contributed by atoms with Gasteiger partial charge in [0.25, 0.3) is 0 Å². The summed E-state index contributed by atoms with van der Waals surface area (Å²) in [5.41, 5.74) is 0.451. The third kappa shape index (κ3) is 1.17. The van der Waals surface area contributed by atoms with Crippen LogP contribution in [-0.2, 0) is 0 Å². The van der Waals surface area contributed by atoms with E-state index in [9.17, 15) is 0 Å². The molecule has 1 aliphatic rings. The molecule has 0 aromatic carbocycles. The summed E-state index contributed by atoms with van der Waals surface area (Å²) in [6.45, 7) is 6.75. The normalized spacial score (nSPS) is 37.5. The summed E-state index contributed by atoms with van der Waals surface area (Å²) >= 11 is 5.84. The van der Waals surface area contributed by atoms with Gasteiger partial charge >= 0.3 is 0 Å². The largest absolute Gasteiger partial charge is 0.123 e. The van der Waals surface area contributed by atoms with Gasteiger partial charge in [-0.2, -0.15) is 0 Å². The monoisotopic (exact) mass is 132 g/mol. The number of halogens is 1. The van der Waals surface area contributed by atoms with E-state index in [1.807, 2.05) is 0 Å². The molecule has 0 aromatic heterocycles. The summed E-state index contributed by atoms with van der Waals surface area (Å²) in [5, 5.41) is 0.481. The minimum Gasteiger partial charge on any atom is -0.123 e. The molecule has 48 valence electrons. The van der Waals surface area contributed by atoms with Crippen LogP contribution in [0.5, 0.6) is 0 Å². The summed E-state index contributed by atoms with van der Waals surface area (Å²) in [4.78, 5) is 0. The molecule has 0 nitrogen and oxygen atoms in total. The van der Waals surface area contributed by atoms with E-state index in [2.05, 4.69) is 20.8 Å². The molecule has 0 aliphatic heterocycles. The van der Waals surface area contributed by atoms with Crippen molar-refractivity contribution < 1.29 is 0 Å². The van der Waals surface area contributed by atoms with Crippen LogP contribution in [0.3, 0.4) is 0 Å². The van der Waals surface area contributed by atoms with Crippen molar-refractivity contribution in [3.63, 3.8) is 0 Å². The van der Waals surface area contributed by atoms with E-state index in [4.69, 9.17) is 11.6 Å². The lowest BCUT2D eigenvalue weighted by molar-refractivity contribution is 0.352. The van der Waals surface area contributed by atoms with Crippen LogP contribution in [0.25, 0.3) is 0 Å². The van der Waals surface area contributed by atoms with Gasteiger partial charge in [-0.05, 0) is 17.8 Å². The number of rotatable bonds is 0. The number of hydrogen-bond donors (Lipinski definition) is 0. The topological polar surface area (TPSA) is 0 Å². The Morgan fingerprint density at radius 2 is 1.75 bits per heavy atom. The van der Waals surface area contributed by atoms with E-state index in [-0.39, 0.29) is 0 Å². The molecule has 1 saturated carbocycles. The summed E-state index contributed by atoms with van der Waals surface area (Å²) in [6, 6.07) is 0. The van der Waals surface area contributed by atoms with E-state index in [1.165, 1.54) is 6.42 Å². The fourth-order valence-corrected chi connectivity index (χ4v) is 1.63. The van der Waals surface area contributed by atoms with Crippen molar-refractivity contribution in [2.24, 2.45) is 11.3 Å². The molecule has 0 saturated heterocycles. The van der Waals surface area contributed by atoms with Crippen LogP contribution in [0.2, 0.25) is 0 Å². The molecule has 0 unspecified atom stereocenters. The zero-order valence-corrected chi connectivity index (χ0v) is 6.50. The second-order valence-corrected chi connectivity index (χ2v) is 4.28. The minimum atomic E-state index is 0.451. The second kappa shape index (κ2) is 1.63. The van der Waals surface area contributed by atoms with Gasteiger partial charge in [0.1, 0.15) is 0 Å². The predicted octanol–water partition coefficient (Wildman–Crippen LogP) is 2.66. The molecule has 1 aliphatic carbocycles. The van der Waals surface area contributed by atoms with E-state index < -0.39 is 0 Å². The highest BCUT2D eigenvalue weighted by Crippen LogP contribution is 2.48. The van der Waals surface area contributed by atoms with Gasteiger partial charge in [0, 0.05) is 5.38 Å². The molecule has 1 heteroatoms. The zero-order chi connectivity index (χ0) is 6.36. The van der Waals surface area contributed by atoms with Crippen LogP contribution in [0, 0.1) is 11.3 Å². The van der Waals surface area contributed by atoms with Crippen molar-refractivity contribution >= 4 is 11.6 Å². The highest BCUT2D eigenvalue weighted by Gasteiger charge is 2.43. The number of hydrogen-bond acceptors (Lipinski definition) is 0. The Balaban J connectivity index is 2.39. The van der Waals surface area contributed by atoms with Crippen molar-refractivity contribution in [2.45, 2.75) is 32.6 Å². The van der Waals surface area contributed by atoms with Gasteiger partial charge in [0.05, 0.1) is 0 Å². The first-order valence-electron chi connectivity index (χ1n) is 3.16. The van der Waals surface area contributed by atoms with Crippen molar-refractivity contribution in [2.75, 3.05) is 0 Å². The average molecular weight is 133 g/mol. The Morgan fingerprint density at radius 3 is 1.75 bits per heavy atom. The Kier molecular flexibility index (Phi) is 1.31. The van der Waals surface area contributed by atoms with Crippen molar-refractivity contribution in [1.29, 1.82) is 0 Å². The lowest BCUT2D eigenvalue weighted by Crippen LogP contribution is -2.08. The molecule has 1 fully saturated rings. The van der Waals surface area contributed by atoms with Gasteiger partial charge in [0.2, 0.25) is 0 Å². The van der Waals surface area contributed by atoms with Crippen molar-refractivity contribution in [3.05, 3.63) is 0 Å². The third-order valence-corrected chi connectivity index (χ3v) is 2.31. The van der Waals surface area contributed by atoms with Crippen LogP contribution in [0.1, 0.15) is 27.2 Å². The average Bonchev–Trinajstić information content (AvgIpc) is 2.13. The highest BCUT2D eigenvalue weighted by molar-refractivity contribution is 6.22.